The highest BCUT2D eigenvalue weighted by atomic mass is 79.9. The second-order valence-electron chi connectivity index (χ2n) is 9.44. The first-order valence-corrected chi connectivity index (χ1v) is 13.2. The molecule has 38 heavy (non-hydrogen) atoms. The first-order valence-electron chi connectivity index (χ1n) is 12.4. The van der Waals surface area contributed by atoms with Crippen molar-refractivity contribution in [3.8, 4) is 34.5 Å². The van der Waals surface area contributed by atoms with E-state index in [1.54, 1.807) is 14.2 Å². The maximum atomic E-state index is 5.68. The number of nitrogens with one attached hydrogen (secondary N) is 1. The lowest BCUT2D eigenvalue weighted by molar-refractivity contribution is 0.171. The first kappa shape index (κ1) is 24.8. The van der Waals surface area contributed by atoms with E-state index in [0.717, 1.165) is 34.1 Å². The molecule has 8 nitrogen and oxygen atoms in total. The molecule has 0 amide bonds. The van der Waals surface area contributed by atoms with Crippen molar-refractivity contribution in [3.63, 3.8) is 0 Å². The summed E-state index contributed by atoms with van der Waals surface area (Å²) in [5, 5.41) is 1.24. The van der Waals surface area contributed by atoms with Crippen LogP contribution in [0.25, 0.3) is 10.9 Å². The van der Waals surface area contributed by atoms with Gasteiger partial charge < -0.3 is 33.4 Å². The molecule has 1 aromatic heterocycles. The van der Waals surface area contributed by atoms with Gasteiger partial charge in [0.15, 0.2) is 23.0 Å². The zero-order valence-electron chi connectivity index (χ0n) is 21.6. The van der Waals surface area contributed by atoms with Crippen LogP contribution < -0.4 is 28.4 Å². The smallest absolute Gasteiger partial charge is 0.231 e. The Bertz CT molecular complexity index is 1430. The number of aromatic amines is 1. The summed E-state index contributed by atoms with van der Waals surface area (Å²) in [6, 6.07) is 14.5. The summed E-state index contributed by atoms with van der Waals surface area (Å²) < 4.78 is 34.8. The summed E-state index contributed by atoms with van der Waals surface area (Å²) in [5.74, 6) is 4.09. The molecule has 6 rings (SSSR count). The highest BCUT2D eigenvalue weighted by Gasteiger charge is 2.23. The number of hydrogen-bond acceptors (Lipinski definition) is 7. The molecule has 0 spiro atoms. The van der Waals surface area contributed by atoms with Gasteiger partial charge in [-0.15, -0.1) is 0 Å². The number of rotatable bonds is 9. The van der Waals surface area contributed by atoms with Crippen molar-refractivity contribution in [2.45, 2.75) is 26.4 Å². The van der Waals surface area contributed by atoms with E-state index in [4.69, 9.17) is 28.4 Å². The summed E-state index contributed by atoms with van der Waals surface area (Å²) in [7, 11) is 3.30. The van der Waals surface area contributed by atoms with E-state index >= 15 is 0 Å². The van der Waals surface area contributed by atoms with E-state index in [1.807, 2.05) is 24.3 Å². The van der Waals surface area contributed by atoms with Gasteiger partial charge in [0, 0.05) is 40.7 Å². The van der Waals surface area contributed by atoms with Gasteiger partial charge >= 0.3 is 0 Å². The molecule has 0 atom stereocenters. The molecule has 198 valence electrons. The Balaban J connectivity index is 1.31. The van der Waals surface area contributed by atoms with E-state index < -0.39 is 0 Å². The van der Waals surface area contributed by atoms with Gasteiger partial charge in [0.05, 0.1) is 14.2 Å². The highest BCUT2D eigenvalue weighted by molar-refractivity contribution is 9.10. The molecule has 3 aromatic carbocycles. The molecule has 2 aliphatic heterocycles. The molecule has 1 N–H and O–H groups in total. The minimum Gasteiger partial charge on any atom is -0.493 e. The Morgan fingerprint density at radius 2 is 1.45 bits per heavy atom. The number of halogens is 1. The molecule has 0 saturated carbocycles. The Morgan fingerprint density at radius 3 is 2.03 bits per heavy atom. The van der Waals surface area contributed by atoms with E-state index in [0.29, 0.717) is 47.6 Å². The summed E-state index contributed by atoms with van der Waals surface area (Å²) in [4.78, 5) is 5.94. The number of benzene rings is 3. The lowest BCUT2D eigenvalue weighted by Gasteiger charge is -2.24. The molecule has 4 aromatic rings. The van der Waals surface area contributed by atoms with Crippen molar-refractivity contribution in [3.05, 3.63) is 69.3 Å². The van der Waals surface area contributed by atoms with Crippen LogP contribution in [-0.4, -0.2) is 44.2 Å². The third-order valence-corrected chi connectivity index (χ3v) is 7.50. The summed E-state index contributed by atoms with van der Waals surface area (Å²) in [6.07, 6.45) is 0.881. The number of H-pyrrole nitrogens is 1. The standard InChI is InChI=1S/C29H29BrN2O6/c1-17-21(22-12-20(30)4-5-23(22)31-17)6-7-32(13-18-8-24(33-2)28-26(10-18)35-15-37-28)14-19-9-25(34-3)29-27(11-19)36-16-38-29/h4-5,8-12,31H,6-7,13-16H2,1-3H3. The van der Waals surface area contributed by atoms with Crippen LogP contribution in [0.5, 0.6) is 34.5 Å². The van der Waals surface area contributed by atoms with E-state index in [2.05, 4.69) is 50.9 Å². The van der Waals surface area contributed by atoms with Gasteiger partial charge in [-0.25, -0.2) is 0 Å². The van der Waals surface area contributed by atoms with Gasteiger partial charge in [-0.2, -0.15) is 0 Å². The Kier molecular flexibility index (Phi) is 6.71. The molecule has 0 bridgehead atoms. The second-order valence-corrected chi connectivity index (χ2v) is 10.4. The van der Waals surface area contributed by atoms with E-state index in [-0.39, 0.29) is 13.6 Å². The van der Waals surface area contributed by atoms with Crippen LogP contribution in [0, 0.1) is 6.92 Å². The molecule has 0 saturated heterocycles. The number of ether oxygens (including phenoxy) is 6. The van der Waals surface area contributed by atoms with Crippen LogP contribution >= 0.6 is 15.9 Å². The molecular weight excluding hydrogens is 552 g/mol. The van der Waals surface area contributed by atoms with Crippen LogP contribution in [0.2, 0.25) is 0 Å². The number of hydrogen-bond donors (Lipinski definition) is 1. The third-order valence-electron chi connectivity index (χ3n) is 7.01. The number of nitrogens with zero attached hydrogens (tertiary/aromatic N) is 1. The van der Waals surface area contributed by atoms with Gasteiger partial charge in [0.1, 0.15) is 0 Å². The van der Waals surface area contributed by atoms with Crippen molar-refractivity contribution in [2.24, 2.45) is 0 Å². The molecule has 0 aliphatic carbocycles. The normalized spacial score (nSPS) is 13.5. The highest BCUT2D eigenvalue weighted by Crippen LogP contribution is 2.43. The molecule has 0 unspecified atom stereocenters. The van der Waals surface area contributed by atoms with Crippen LogP contribution in [0.3, 0.4) is 0 Å². The summed E-state index contributed by atoms with van der Waals surface area (Å²) in [5.41, 5.74) is 5.81. The Labute approximate surface area is 229 Å². The Morgan fingerprint density at radius 1 is 0.842 bits per heavy atom. The maximum Gasteiger partial charge on any atom is 0.231 e. The van der Waals surface area contributed by atoms with Crippen molar-refractivity contribution >= 4 is 26.8 Å². The van der Waals surface area contributed by atoms with Crippen LogP contribution in [0.1, 0.15) is 22.4 Å². The number of aromatic nitrogens is 1. The minimum atomic E-state index is 0.200. The van der Waals surface area contributed by atoms with Crippen molar-refractivity contribution in [1.82, 2.24) is 9.88 Å². The molecule has 0 radical (unpaired) electrons. The van der Waals surface area contributed by atoms with Gasteiger partial charge in [-0.3, -0.25) is 4.90 Å². The molecule has 0 fully saturated rings. The summed E-state index contributed by atoms with van der Waals surface area (Å²) in [6.45, 7) is 4.74. The second kappa shape index (κ2) is 10.3. The van der Waals surface area contributed by atoms with Crippen LogP contribution in [0.4, 0.5) is 0 Å². The zero-order chi connectivity index (χ0) is 26.2. The molecule has 3 heterocycles. The summed E-state index contributed by atoms with van der Waals surface area (Å²) >= 11 is 3.63. The van der Waals surface area contributed by atoms with Crippen molar-refractivity contribution < 1.29 is 28.4 Å². The molecule has 2 aliphatic rings. The van der Waals surface area contributed by atoms with E-state index in [1.165, 1.54) is 16.6 Å². The van der Waals surface area contributed by atoms with Gasteiger partial charge in [0.25, 0.3) is 0 Å². The average Bonchev–Trinajstić information content (AvgIpc) is 3.64. The van der Waals surface area contributed by atoms with Crippen LogP contribution in [-0.2, 0) is 19.5 Å². The monoisotopic (exact) mass is 580 g/mol. The quantitative estimate of drug-likeness (QED) is 0.262. The predicted octanol–water partition coefficient (Wildman–Crippen LogP) is 5.96. The van der Waals surface area contributed by atoms with Crippen LogP contribution in [0.15, 0.2) is 46.9 Å². The van der Waals surface area contributed by atoms with Gasteiger partial charge in [-0.1, -0.05) is 15.9 Å². The Hall–Kier alpha value is -3.56. The molecular formula is C29H29BrN2O6. The third kappa shape index (κ3) is 4.72. The van der Waals surface area contributed by atoms with Crippen molar-refractivity contribution in [2.75, 3.05) is 34.4 Å². The number of methoxy groups -OCH3 is 2. The zero-order valence-corrected chi connectivity index (χ0v) is 23.1. The minimum absolute atomic E-state index is 0.200. The topological polar surface area (TPSA) is 74.4 Å². The first-order chi connectivity index (χ1) is 18.5. The van der Waals surface area contributed by atoms with Crippen molar-refractivity contribution in [1.29, 1.82) is 0 Å². The number of fused-ring (bicyclic) bond motifs is 3. The molecule has 9 heteroatoms. The average molecular weight is 581 g/mol. The SMILES string of the molecule is COc1cc(CN(CCc2c(C)[nH]c3ccc(Br)cc23)Cc2cc(OC)c3c(c2)OCO3)cc2c1OCO2. The lowest BCUT2D eigenvalue weighted by Crippen LogP contribution is -2.25. The predicted molar refractivity (Wildman–Crippen MR) is 147 cm³/mol. The fraction of sp³-hybridized carbons (Fsp3) is 0.310. The van der Waals surface area contributed by atoms with Gasteiger partial charge in [-0.05, 0) is 72.5 Å². The number of aryl methyl sites for hydroxylation is 1. The van der Waals surface area contributed by atoms with E-state index in [9.17, 15) is 0 Å². The fourth-order valence-corrected chi connectivity index (χ4v) is 5.59. The maximum absolute atomic E-state index is 5.68. The largest absolute Gasteiger partial charge is 0.493 e. The fourth-order valence-electron chi connectivity index (χ4n) is 5.23. The van der Waals surface area contributed by atoms with Gasteiger partial charge in [0.2, 0.25) is 25.1 Å². The lowest BCUT2D eigenvalue weighted by atomic mass is 10.1.